The summed E-state index contributed by atoms with van der Waals surface area (Å²) < 4.78 is 1.91. The van der Waals surface area contributed by atoms with Crippen LogP contribution >= 0.6 is 0 Å². The van der Waals surface area contributed by atoms with Crippen molar-refractivity contribution in [3.63, 3.8) is 0 Å². The van der Waals surface area contributed by atoms with Gasteiger partial charge in [0, 0.05) is 22.2 Å². The predicted molar refractivity (Wildman–Crippen MR) is 96.9 cm³/mol. The number of nitrogens with one attached hydrogen (secondary N) is 1. The molecule has 0 saturated carbocycles. The Kier molecular flexibility index (Phi) is 4.01. The number of fused-ring (bicyclic) bond motifs is 1. The van der Waals surface area contributed by atoms with Gasteiger partial charge in [0.1, 0.15) is 0 Å². The van der Waals surface area contributed by atoms with E-state index in [-0.39, 0.29) is 11.4 Å². The van der Waals surface area contributed by atoms with Gasteiger partial charge in [0.15, 0.2) is 0 Å². The molecule has 0 atom stereocenters. The quantitative estimate of drug-likeness (QED) is 0.727. The Morgan fingerprint density at radius 1 is 1.21 bits per heavy atom. The lowest BCUT2D eigenvalue weighted by atomic mass is 10.1. The third-order valence-electron chi connectivity index (χ3n) is 3.68. The van der Waals surface area contributed by atoms with Crippen molar-refractivity contribution < 1.29 is 4.79 Å². The summed E-state index contributed by atoms with van der Waals surface area (Å²) >= 11 is 0. The minimum Gasteiger partial charge on any atom is -0.399 e. The van der Waals surface area contributed by atoms with Gasteiger partial charge in [0.05, 0.1) is 18.3 Å². The largest absolute Gasteiger partial charge is 0.399 e. The lowest BCUT2D eigenvalue weighted by Gasteiger charge is -2.20. The zero-order valence-corrected chi connectivity index (χ0v) is 14.2. The number of hydrogen-bond donors (Lipinski definition) is 2. The first-order valence-electron chi connectivity index (χ1n) is 7.94. The van der Waals surface area contributed by atoms with Crippen molar-refractivity contribution in [2.75, 3.05) is 5.73 Å². The standard InChI is InChI=1S/C19H22N4O/c1-19(2,3)22-18(24)14-6-4-5-13(9-14)12-23-17-8-7-16(20)10-15(17)11-21-23/h4-11H,12,20H2,1-3H3,(H,22,24). The van der Waals surface area contributed by atoms with E-state index >= 15 is 0 Å². The summed E-state index contributed by atoms with van der Waals surface area (Å²) in [4.78, 5) is 12.3. The zero-order chi connectivity index (χ0) is 17.3. The molecule has 5 nitrogen and oxygen atoms in total. The number of carbonyl (C=O) groups is 1. The number of benzene rings is 2. The van der Waals surface area contributed by atoms with E-state index in [0.717, 1.165) is 22.2 Å². The van der Waals surface area contributed by atoms with Crippen molar-refractivity contribution in [3.05, 3.63) is 59.8 Å². The summed E-state index contributed by atoms with van der Waals surface area (Å²) in [6, 6.07) is 13.4. The summed E-state index contributed by atoms with van der Waals surface area (Å²) in [6.07, 6.45) is 1.81. The van der Waals surface area contributed by atoms with Crippen LogP contribution in [0, 0.1) is 0 Å². The Morgan fingerprint density at radius 2 is 2.00 bits per heavy atom. The van der Waals surface area contributed by atoms with E-state index in [2.05, 4.69) is 10.4 Å². The highest BCUT2D eigenvalue weighted by Crippen LogP contribution is 2.18. The third kappa shape index (κ3) is 3.56. The molecule has 0 spiro atoms. The number of rotatable bonds is 3. The Bertz CT molecular complexity index is 890. The molecule has 0 aliphatic carbocycles. The second-order valence-electron chi connectivity index (χ2n) is 7.02. The normalized spacial score (nSPS) is 11.6. The lowest BCUT2D eigenvalue weighted by molar-refractivity contribution is 0.0919. The SMILES string of the molecule is CC(C)(C)NC(=O)c1cccc(Cn2ncc3cc(N)ccc32)c1. The van der Waals surface area contributed by atoms with E-state index in [1.165, 1.54) is 0 Å². The molecule has 24 heavy (non-hydrogen) atoms. The van der Waals surface area contributed by atoms with E-state index in [1.54, 1.807) is 0 Å². The van der Waals surface area contributed by atoms with Crippen LogP contribution in [0.5, 0.6) is 0 Å². The number of anilines is 1. The van der Waals surface area contributed by atoms with E-state index in [1.807, 2.05) is 74.1 Å². The average molecular weight is 322 g/mol. The Hall–Kier alpha value is -2.82. The Morgan fingerprint density at radius 3 is 2.75 bits per heavy atom. The number of nitrogens with zero attached hydrogens (tertiary/aromatic N) is 2. The van der Waals surface area contributed by atoms with E-state index < -0.39 is 0 Å². The van der Waals surface area contributed by atoms with Gasteiger partial charge in [-0.2, -0.15) is 5.10 Å². The minimum absolute atomic E-state index is 0.0672. The highest BCUT2D eigenvalue weighted by atomic mass is 16.1. The highest BCUT2D eigenvalue weighted by Gasteiger charge is 2.15. The van der Waals surface area contributed by atoms with E-state index in [4.69, 9.17) is 5.73 Å². The summed E-state index contributed by atoms with van der Waals surface area (Å²) in [6.45, 7) is 6.51. The molecule has 1 amide bonds. The smallest absolute Gasteiger partial charge is 0.251 e. The second-order valence-corrected chi connectivity index (χ2v) is 7.02. The molecule has 0 radical (unpaired) electrons. The summed E-state index contributed by atoms with van der Waals surface area (Å²) in [5, 5.41) is 8.42. The van der Waals surface area contributed by atoms with Crippen molar-refractivity contribution in [1.82, 2.24) is 15.1 Å². The molecular formula is C19H22N4O. The van der Waals surface area contributed by atoms with Gasteiger partial charge >= 0.3 is 0 Å². The van der Waals surface area contributed by atoms with Crippen molar-refractivity contribution in [2.45, 2.75) is 32.9 Å². The summed E-state index contributed by atoms with van der Waals surface area (Å²) in [7, 11) is 0. The number of carbonyl (C=O) groups excluding carboxylic acids is 1. The molecule has 5 heteroatoms. The lowest BCUT2D eigenvalue weighted by Crippen LogP contribution is -2.40. The van der Waals surface area contributed by atoms with Crippen molar-refractivity contribution in [2.24, 2.45) is 0 Å². The first-order chi connectivity index (χ1) is 11.3. The highest BCUT2D eigenvalue weighted by molar-refractivity contribution is 5.94. The number of nitrogen functional groups attached to an aromatic ring is 1. The fourth-order valence-electron chi connectivity index (χ4n) is 2.63. The van der Waals surface area contributed by atoms with Gasteiger partial charge in [0.25, 0.3) is 5.91 Å². The second kappa shape index (κ2) is 6.00. The minimum atomic E-state index is -0.259. The Labute approximate surface area is 141 Å². The van der Waals surface area contributed by atoms with Gasteiger partial charge in [-0.15, -0.1) is 0 Å². The average Bonchev–Trinajstić information content (AvgIpc) is 2.88. The van der Waals surface area contributed by atoms with E-state index in [9.17, 15) is 4.79 Å². The monoisotopic (exact) mass is 322 g/mol. The van der Waals surface area contributed by atoms with Crippen LogP contribution in [0.1, 0.15) is 36.7 Å². The zero-order valence-electron chi connectivity index (χ0n) is 14.2. The molecule has 1 aromatic heterocycles. The number of hydrogen-bond acceptors (Lipinski definition) is 3. The molecule has 0 fully saturated rings. The van der Waals surface area contributed by atoms with Gasteiger partial charge in [-0.1, -0.05) is 12.1 Å². The van der Waals surface area contributed by atoms with Crippen LogP contribution < -0.4 is 11.1 Å². The van der Waals surface area contributed by atoms with Crippen LogP contribution in [0.4, 0.5) is 5.69 Å². The number of amides is 1. The Balaban J connectivity index is 1.85. The van der Waals surface area contributed by atoms with Gasteiger partial charge in [-0.3, -0.25) is 9.48 Å². The fourth-order valence-corrected chi connectivity index (χ4v) is 2.63. The van der Waals surface area contributed by atoms with E-state index in [0.29, 0.717) is 12.1 Å². The molecular weight excluding hydrogens is 300 g/mol. The van der Waals surface area contributed by atoms with Gasteiger partial charge < -0.3 is 11.1 Å². The van der Waals surface area contributed by atoms with Crippen LogP contribution in [0.25, 0.3) is 10.9 Å². The third-order valence-corrected chi connectivity index (χ3v) is 3.68. The summed E-state index contributed by atoms with van der Waals surface area (Å²) in [5.41, 5.74) is 8.98. The van der Waals surface area contributed by atoms with Crippen LogP contribution in [0.15, 0.2) is 48.7 Å². The molecule has 3 aromatic rings. The van der Waals surface area contributed by atoms with Gasteiger partial charge in [-0.25, -0.2) is 0 Å². The molecule has 124 valence electrons. The number of aromatic nitrogens is 2. The van der Waals surface area contributed by atoms with Gasteiger partial charge in [-0.05, 0) is 56.7 Å². The summed E-state index contributed by atoms with van der Waals surface area (Å²) in [5.74, 6) is -0.0672. The topological polar surface area (TPSA) is 72.9 Å². The molecule has 0 saturated heterocycles. The van der Waals surface area contributed by atoms with Crippen molar-refractivity contribution in [3.8, 4) is 0 Å². The fraction of sp³-hybridized carbons (Fsp3) is 0.263. The number of nitrogens with two attached hydrogens (primary N) is 1. The predicted octanol–water partition coefficient (Wildman–Crippen LogP) is 3.20. The van der Waals surface area contributed by atoms with Gasteiger partial charge in [0.2, 0.25) is 0 Å². The first kappa shape index (κ1) is 16.1. The molecule has 1 heterocycles. The maximum absolute atomic E-state index is 12.3. The molecule has 3 N–H and O–H groups in total. The van der Waals surface area contributed by atoms with Crippen LogP contribution in [0.3, 0.4) is 0 Å². The molecule has 0 bridgehead atoms. The molecule has 3 rings (SSSR count). The molecule has 0 aliphatic rings. The van der Waals surface area contributed by atoms with Crippen molar-refractivity contribution >= 4 is 22.5 Å². The maximum Gasteiger partial charge on any atom is 0.251 e. The molecule has 0 unspecified atom stereocenters. The molecule has 2 aromatic carbocycles. The van der Waals surface area contributed by atoms with Crippen molar-refractivity contribution in [1.29, 1.82) is 0 Å². The maximum atomic E-state index is 12.3. The van der Waals surface area contributed by atoms with Crippen LogP contribution in [-0.4, -0.2) is 21.2 Å². The molecule has 0 aliphatic heterocycles. The van der Waals surface area contributed by atoms with Crippen LogP contribution in [-0.2, 0) is 6.54 Å². The van der Waals surface area contributed by atoms with Crippen LogP contribution in [0.2, 0.25) is 0 Å². The first-order valence-corrected chi connectivity index (χ1v) is 7.94.